The maximum atomic E-state index is 11.8. The molecule has 4 heteroatoms. The minimum absolute atomic E-state index is 0.0465. The van der Waals surface area contributed by atoms with Gasteiger partial charge in [0.15, 0.2) is 0 Å². The Balaban J connectivity index is 2.62. The topological polar surface area (TPSA) is 58.6 Å². The van der Waals surface area contributed by atoms with Gasteiger partial charge in [-0.15, -0.1) is 0 Å². The highest BCUT2D eigenvalue weighted by molar-refractivity contribution is 5.94. The van der Waals surface area contributed by atoms with Crippen molar-refractivity contribution in [1.29, 1.82) is 0 Å². The van der Waals surface area contributed by atoms with E-state index in [4.69, 9.17) is 4.84 Å². The number of rotatable bonds is 5. The lowest BCUT2D eigenvalue weighted by Gasteiger charge is -2.17. The van der Waals surface area contributed by atoms with Crippen LogP contribution in [0.25, 0.3) is 0 Å². The summed E-state index contributed by atoms with van der Waals surface area (Å²) < 4.78 is 0. The van der Waals surface area contributed by atoms with Gasteiger partial charge < -0.3 is 5.11 Å². The zero-order valence-electron chi connectivity index (χ0n) is 11.4. The van der Waals surface area contributed by atoms with Crippen LogP contribution in [0.3, 0.4) is 0 Å². The van der Waals surface area contributed by atoms with Gasteiger partial charge in [0, 0.05) is 5.56 Å². The van der Waals surface area contributed by atoms with Crippen LogP contribution in [0, 0.1) is 6.92 Å². The van der Waals surface area contributed by atoms with Crippen molar-refractivity contribution in [3.05, 3.63) is 34.9 Å². The number of amides is 1. The molecule has 0 aromatic heterocycles. The molecule has 1 aromatic carbocycles. The van der Waals surface area contributed by atoms with Gasteiger partial charge in [-0.1, -0.05) is 19.1 Å². The largest absolute Gasteiger partial charge is 0.388 e. The Bertz CT molecular complexity index is 422. The van der Waals surface area contributed by atoms with Crippen LogP contribution in [0.15, 0.2) is 18.2 Å². The van der Waals surface area contributed by atoms with E-state index in [0.717, 1.165) is 12.0 Å². The normalized spacial score (nSPS) is 11.4. The van der Waals surface area contributed by atoms with E-state index in [1.54, 1.807) is 19.9 Å². The van der Waals surface area contributed by atoms with E-state index >= 15 is 0 Å². The molecule has 0 bridgehead atoms. The standard InChI is InChI=1S/C14H21NO3/c1-5-11-6-7-12(10(2)8-11)13(16)15-18-9-14(3,4)17/h6-8,17H,5,9H2,1-4H3,(H,15,16). The lowest BCUT2D eigenvalue weighted by molar-refractivity contribution is -0.0522. The van der Waals surface area contributed by atoms with Crippen LogP contribution in [0.1, 0.15) is 42.3 Å². The molecular formula is C14H21NO3. The van der Waals surface area contributed by atoms with Crippen molar-refractivity contribution in [2.75, 3.05) is 6.61 Å². The highest BCUT2D eigenvalue weighted by atomic mass is 16.7. The number of nitrogens with one attached hydrogen (secondary N) is 1. The van der Waals surface area contributed by atoms with Gasteiger partial charge in [-0.2, -0.15) is 0 Å². The molecule has 0 unspecified atom stereocenters. The number of hydrogen-bond donors (Lipinski definition) is 2. The SMILES string of the molecule is CCc1ccc(C(=O)NOCC(C)(C)O)c(C)c1. The van der Waals surface area contributed by atoms with Crippen LogP contribution in [-0.4, -0.2) is 23.2 Å². The summed E-state index contributed by atoms with van der Waals surface area (Å²) in [5, 5.41) is 9.45. The molecule has 0 spiro atoms. The minimum atomic E-state index is -0.964. The lowest BCUT2D eigenvalue weighted by Crippen LogP contribution is -2.33. The third-order valence-corrected chi connectivity index (χ3v) is 2.53. The number of carbonyl (C=O) groups is 1. The number of aliphatic hydroxyl groups is 1. The number of hydroxylamine groups is 1. The van der Waals surface area contributed by atoms with Crippen LogP contribution in [0.4, 0.5) is 0 Å². The quantitative estimate of drug-likeness (QED) is 0.787. The van der Waals surface area contributed by atoms with E-state index in [-0.39, 0.29) is 12.5 Å². The van der Waals surface area contributed by atoms with Gasteiger partial charge in [0.05, 0.1) is 5.60 Å². The first kappa shape index (κ1) is 14.7. The van der Waals surface area contributed by atoms with Crippen LogP contribution < -0.4 is 5.48 Å². The van der Waals surface area contributed by atoms with Gasteiger partial charge in [0.25, 0.3) is 5.91 Å². The Morgan fingerprint density at radius 1 is 1.44 bits per heavy atom. The maximum absolute atomic E-state index is 11.8. The predicted octanol–water partition coefficient (Wildman–Crippen LogP) is 1.99. The van der Waals surface area contributed by atoms with Gasteiger partial charge >= 0.3 is 0 Å². The van der Waals surface area contributed by atoms with Gasteiger partial charge in [-0.3, -0.25) is 9.63 Å². The number of hydrogen-bond acceptors (Lipinski definition) is 3. The summed E-state index contributed by atoms with van der Waals surface area (Å²) in [5.41, 5.74) is 4.07. The van der Waals surface area contributed by atoms with Gasteiger partial charge in [0.2, 0.25) is 0 Å². The summed E-state index contributed by atoms with van der Waals surface area (Å²) in [4.78, 5) is 16.8. The van der Waals surface area contributed by atoms with Crippen LogP contribution in [0.2, 0.25) is 0 Å². The Labute approximate surface area is 108 Å². The van der Waals surface area contributed by atoms with Crippen molar-refractivity contribution in [3.8, 4) is 0 Å². The molecule has 0 radical (unpaired) electrons. The molecule has 0 heterocycles. The van der Waals surface area contributed by atoms with Crippen molar-refractivity contribution in [2.24, 2.45) is 0 Å². The van der Waals surface area contributed by atoms with Gasteiger partial charge in [-0.05, 0) is 44.4 Å². The lowest BCUT2D eigenvalue weighted by atomic mass is 10.0. The molecule has 2 N–H and O–H groups in total. The van der Waals surface area contributed by atoms with E-state index in [9.17, 15) is 9.90 Å². The van der Waals surface area contributed by atoms with E-state index in [1.807, 2.05) is 19.1 Å². The van der Waals surface area contributed by atoms with E-state index in [0.29, 0.717) is 5.56 Å². The molecule has 1 amide bonds. The predicted molar refractivity (Wildman–Crippen MR) is 70.3 cm³/mol. The highest BCUT2D eigenvalue weighted by Crippen LogP contribution is 2.11. The Kier molecular flexibility index (Phi) is 4.87. The van der Waals surface area contributed by atoms with Crippen molar-refractivity contribution in [2.45, 2.75) is 39.7 Å². The molecule has 1 aromatic rings. The fourth-order valence-electron chi connectivity index (χ4n) is 1.53. The van der Waals surface area contributed by atoms with E-state index in [2.05, 4.69) is 12.4 Å². The summed E-state index contributed by atoms with van der Waals surface area (Å²) >= 11 is 0. The van der Waals surface area contributed by atoms with Crippen LogP contribution in [0.5, 0.6) is 0 Å². The Morgan fingerprint density at radius 3 is 2.61 bits per heavy atom. The van der Waals surface area contributed by atoms with Crippen molar-refractivity contribution < 1.29 is 14.7 Å². The summed E-state index contributed by atoms with van der Waals surface area (Å²) in [5.74, 6) is -0.292. The first-order valence-electron chi connectivity index (χ1n) is 6.07. The Hall–Kier alpha value is -1.39. The molecule has 100 valence electrons. The smallest absolute Gasteiger partial charge is 0.275 e. The van der Waals surface area contributed by atoms with Gasteiger partial charge in [-0.25, -0.2) is 5.48 Å². The number of carbonyl (C=O) groups excluding carboxylic acids is 1. The van der Waals surface area contributed by atoms with Crippen molar-refractivity contribution in [1.82, 2.24) is 5.48 Å². The molecule has 18 heavy (non-hydrogen) atoms. The summed E-state index contributed by atoms with van der Waals surface area (Å²) in [6.07, 6.45) is 0.942. The maximum Gasteiger partial charge on any atom is 0.275 e. The molecule has 0 aliphatic rings. The minimum Gasteiger partial charge on any atom is -0.388 e. The molecule has 0 fully saturated rings. The Morgan fingerprint density at radius 2 is 2.11 bits per heavy atom. The first-order valence-corrected chi connectivity index (χ1v) is 6.07. The number of aryl methyl sites for hydroxylation is 2. The molecule has 0 saturated heterocycles. The fraction of sp³-hybridized carbons (Fsp3) is 0.500. The van der Waals surface area contributed by atoms with E-state index < -0.39 is 5.60 Å². The van der Waals surface area contributed by atoms with E-state index in [1.165, 1.54) is 5.56 Å². The molecule has 0 saturated carbocycles. The third-order valence-electron chi connectivity index (χ3n) is 2.53. The summed E-state index contributed by atoms with van der Waals surface area (Å²) in [6.45, 7) is 7.23. The monoisotopic (exact) mass is 251 g/mol. The molecule has 1 rings (SSSR count). The summed E-state index contributed by atoms with van der Waals surface area (Å²) in [6, 6.07) is 5.71. The molecule has 4 nitrogen and oxygen atoms in total. The summed E-state index contributed by atoms with van der Waals surface area (Å²) in [7, 11) is 0. The average molecular weight is 251 g/mol. The molecular weight excluding hydrogens is 230 g/mol. The molecule has 0 atom stereocenters. The second kappa shape index (κ2) is 5.98. The average Bonchev–Trinajstić information content (AvgIpc) is 2.26. The second-order valence-corrected chi connectivity index (χ2v) is 5.04. The fourth-order valence-corrected chi connectivity index (χ4v) is 1.53. The first-order chi connectivity index (χ1) is 8.33. The zero-order valence-corrected chi connectivity index (χ0v) is 11.4. The van der Waals surface area contributed by atoms with Crippen LogP contribution in [-0.2, 0) is 11.3 Å². The number of benzene rings is 1. The second-order valence-electron chi connectivity index (χ2n) is 5.04. The van der Waals surface area contributed by atoms with Crippen molar-refractivity contribution >= 4 is 5.91 Å². The van der Waals surface area contributed by atoms with Gasteiger partial charge in [0.1, 0.15) is 6.61 Å². The third kappa shape index (κ3) is 4.47. The van der Waals surface area contributed by atoms with Crippen molar-refractivity contribution in [3.63, 3.8) is 0 Å². The highest BCUT2D eigenvalue weighted by Gasteiger charge is 2.15. The molecule has 0 aliphatic carbocycles. The van der Waals surface area contributed by atoms with Crippen LogP contribution >= 0.6 is 0 Å². The molecule has 0 aliphatic heterocycles. The zero-order chi connectivity index (χ0) is 13.8.